The quantitative estimate of drug-likeness (QED) is 0.575. The lowest BCUT2D eigenvalue weighted by atomic mass is 9.99. The van der Waals surface area contributed by atoms with E-state index in [0.29, 0.717) is 16.1 Å². The fourth-order valence-corrected chi connectivity index (χ4v) is 4.18. The second-order valence-electron chi connectivity index (χ2n) is 7.68. The summed E-state index contributed by atoms with van der Waals surface area (Å²) in [5, 5.41) is 7.63. The fraction of sp³-hybridized carbons (Fsp3) is 0.250. The molecule has 0 saturated carbocycles. The average Bonchev–Trinajstić information content (AvgIpc) is 3.30. The number of rotatable bonds is 5. The molecule has 0 bridgehead atoms. The van der Waals surface area contributed by atoms with Crippen LogP contribution in [0, 0.1) is 5.92 Å². The number of hydrogen-bond donors (Lipinski definition) is 2. The summed E-state index contributed by atoms with van der Waals surface area (Å²) in [5.74, 6) is 0.415. The van der Waals surface area contributed by atoms with Crippen LogP contribution in [0.4, 0.5) is 17.1 Å². The molecule has 5 nitrogen and oxygen atoms in total. The van der Waals surface area contributed by atoms with Gasteiger partial charge in [-0.15, -0.1) is 11.3 Å². The van der Waals surface area contributed by atoms with Crippen LogP contribution >= 0.6 is 11.3 Å². The van der Waals surface area contributed by atoms with E-state index in [1.165, 1.54) is 29.9 Å². The van der Waals surface area contributed by atoms with Crippen LogP contribution in [0.5, 0.6) is 0 Å². The standard InChI is InChI=1S/C24H25N3O2S/c1-17-11-13-27(14-12-17)21-9-7-19(8-10-21)25-23(28)18-4-2-5-20(16-18)26-24(29)22-6-3-15-30-22/h2-10,15-17H,11-14H2,1H3,(H,25,28)(H,26,29). The molecular formula is C24H25N3O2S. The van der Waals surface area contributed by atoms with Gasteiger partial charge < -0.3 is 15.5 Å². The minimum absolute atomic E-state index is 0.176. The third kappa shape index (κ3) is 4.89. The van der Waals surface area contributed by atoms with Crippen LogP contribution in [0.2, 0.25) is 0 Å². The first-order chi connectivity index (χ1) is 14.6. The van der Waals surface area contributed by atoms with Gasteiger partial charge in [-0.25, -0.2) is 0 Å². The van der Waals surface area contributed by atoms with Gasteiger partial charge in [-0.05, 0) is 72.7 Å². The summed E-state index contributed by atoms with van der Waals surface area (Å²) in [6.45, 7) is 4.46. The van der Waals surface area contributed by atoms with E-state index in [1.54, 1.807) is 30.3 Å². The van der Waals surface area contributed by atoms with Gasteiger partial charge in [0.05, 0.1) is 4.88 Å². The molecule has 1 aliphatic rings. The maximum Gasteiger partial charge on any atom is 0.265 e. The number of amides is 2. The lowest BCUT2D eigenvalue weighted by molar-refractivity contribution is 0.101. The summed E-state index contributed by atoms with van der Waals surface area (Å²) in [6.07, 6.45) is 2.44. The monoisotopic (exact) mass is 419 g/mol. The largest absolute Gasteiger partial charge is 0.372 e. The number of anilines is 3. The third-order valence-electron chi connectivity index (χ3n) is 5.40. The van der Waals surface area contributed by atoms with Gasteiger partial charge >= 0.3 is 0 Å². The molecule has 2 aromatic carbocycles. The number of thiophene rings is 1. The predicted molar refractivity (Wildman–Crippen MR) is 124 cm³/mol. The van der Waals surface area contributed by atoms with Gasteiger partial charge in [-0.3, -0.25) is 9.59 Å². The summed E-state index contributed by atoms with van der Waals surface area (Å²) in [7, 11) is 0. The van der Waals surface area contributed by atoms with E-state index in [-0.39, 0.29) is 11.8 Å². The van der Waals surface area contributed by atoms with Crippen molar-refractivity contribution < 1.29 is 9.59 Å². The summed E-state index contributed by atoms with van der Waals surface area (Å²) in [4.78, 5) is 27.9. The van der Waals surface area contributed by atoms with Crippen molar-refractivity contribution in [1.82, 2.24) is 0 Å². The Morgan fingerprint density at radius 3 is 2.33 bits per heavy atom. The highest BCUT2D eigenvalue weighted by molar-refractivity contribution is 7.12. The summed E-state index contributed by atoms with van der Waals surface area (Å²) >= 11 is 1.38. The number of hydrogen-bond acceptors (Lipinski definition) is 4. The highest BCUT2D eigenvalue weighted by atomic mass is 32.1. The molecule has 0 radical (unpaired) electrons. The number of carbonyl (C=O) groups excluding carboxylic acids is 2. The van der Waals surface area contributed by atoms with Crippen molar-refractivity contribution in [2.24, 2.45) is 5.92 Å². The topological polar surface area (TPSA) is 61.4 Å². The second kappa shape index (κ2) is 9.13. The van der Waals surface area contributed by atoms with Crippen LogP contribution in [0.1, 0.15) is 39.8 Å². The van der Waals surface area contributed by atoms with Crippen molar-refractivity contribution in [2.45, 2.75) is 19.8 Å². The van der Waals surface area contributed by atoms with Crippen molar-refractivity contribution in [3.63, 3.8) is 0 Å². The lowest BCUT2D eigenvalue weighted by Gasteiger charge is -2.32. The molecule has 1 aliphatic heterocycles. The van der Waals surface area contributed by atoms with Gasteiger partial charge in [-0.1, -0.05) is 19.1 Å². The Morgan fingerprint density at radius 2 is 1.63 bits per heavy atom. The molecule has 2 N–H and O–H groups in total. The van der Waals surface area contributed by atoms with E-state index in [1.807, 2.05) is 23.6 Å². The Kier molecular flexibility index (Phi) is 6.14. The molecule has 6 heteroatoms. The molecular weight excluding hydrogens is 394 g/mol. The number of carbonyl (C=O) groups is 2. The molecule has 3 aromatic rings. The molecule has 1 saturated heterocycles. The zero-order chi connectivity index (χ0) is 20.9. The van der Waals surface area contributed by atoms with Gasteiger partial charge in [0.25, 0.3) is 11.8 Å². The Bertz CT molecular complexity index is 1010. The van der Waals surface area contributed by atoms with Gasteiger partial charge in [-0.2, -0.15) is 0 Å². The predicted octanol–water partition coefficient (Wildman–Crippen LogP) is 5.49. The van der Waals surface area contributed by atoms with Crippen LogP contribution in [-0.4, -0.2) is 24.9 Å². The summed E-state index contributed by atoms with van der Waals surface area (Å²) < 4.78 is 0. The molecule has 0 unspecified atom stereocenters. The minimum Gasteiger partial charge on any atom is -0.372 e. The normalized spacial score (nSPS) is 14.4. The molecule has 0 aliphatic carbocycles. The van der Waals surface area contributed by atoms with E-state index < -0.39 is 0 Å². The third-order valence-corrected chi connectivity index (χ3v) is 6.27. The molecule has 154 valence electrons. The molecule has 4 rings (SSSR count). The zero-order valence-electron chi connectivity index (χ0n) is 16.9. The van der Waals surface area contributed by atoms with Crippen LogP contribution in [0.15, 0.2) is 66.0 Å². The van der Waals surface area contributed by atoms with E-state index >= 15 is 0 Å². The fourth-order valence-electron chi connectivity index (χ4n) is 3.56. The van der Waals surface area contributed by atoms with Gasteiger partial charge in [0.2, 0.25) is 0 Å². The Balaban J connectivity index is 1.38. The molecule has 0 atom stereocenters. The van der Waals surface area contributed by atoms with Crippen molar-refractivity contribution in [1.29, 1.82) is 0 Å². The van der Waals surface area contributed by atoms with E-state index in [0.717, 1.165) is 24.7 Å². The highest BCUT2D eigenvalue weighted by Crippen LogP contribution is 2.24. The highest BCUT2D eigenvalue weighted by Gasteiger charge is 2.16. The average molecular weight is 420 g/mol. The van der Waals surface area contributed by atoms with Crippen molar-refractivity contribution in [3.8, 4) is 0 Å². The van der Waals surface area contributed by atoms with Crippen molar-refractivity contribution >= 4 is 40.2 Å². The first-order valence-corrected chi connectivity index (χ1v) is 11.1. The molecule has 1 aromatic heterocycles. The Morgan fingerprint density at radius 1 is 0.900 bits per heavy atom. The van der Waals surface area contributed by atoms with Crippen LogP contribution in [0.25, 0.3) is 0 Å². The maximum atomic E-state index is 12.7. The first kappa shape index (κ1) is 20.2. The SMILES string of the molecule is CC1CCN(c2ccc(NC(=O)c3cccc(NC(=O)c4cccs4)c3)cc2)CC1. The minimum atomic E-state index is -0.207. The van der Waals surface area contributed by atoms with Crippen LogP contribution < -0.4 is 15.5 Å². The number of nitrogens with one attached hydrogen (secondary N) is 2. The molecule has 1 fully saturated rings. The Labute approximate surface area is 180 Å². The number of piperidine rings is 1. The summed E-state index contributed by atoms with van der Waals surface area (Å²) in [5.41, 5.74) is 3.03. The molecule has 2 amide bonds. The van der Waals surface area contributed by atoms with Crippen LogP contribution in [-0.2, 0) is 0 Å². The van der Waals surface area contributed by atoms with Crippen LogP contribution in [0.3, 0.4) is 0 Å². The smallest absolute Gasteiger partial charge is 0.265 e. The zero-order valence-corrected chi connectivity index (χ0v) is 17.7. The Hall–Kier alpha value is -3.12. The van der Waals surface area contributed by atoms with E-state index in [9.17, 15) is 9.59 Å². The van der Waals surface area contributed by atoms with Gasteiger partial charge in [0, 0.05) is 35.7 Å². The lowest BCUT2D eigenvalue weighted by Crippen LogP contribution is -2.32. The van der Waals surface area contributed by atoms with Gasteiger partial charge in [0.1, 0.15) is 0 Å². The maximum absolute atomic E-state index is 12.7. The second-order valence-corrected chi connectivity index (χ2v) is 8.63. The number of benzene rings is 2. The van der Waals surface area contributed by atoms with Crippen molar-refractivity contribution in [2.75, 3.05) is 28.6 Å². The van der Waals surface area contributed by atoms with E-state index in [2.05, 4.69) is 34.6 Å². The molecule has 0 spiro atoms. The molecule has 2 heterocycles. The van der Waals surface area contributed by atoms with E-state index in [4.69, 9.17) is 0 Å². The first-order valence-electron chi connectivity index (χ1n) is 10.2. The van der Waals surface area contributed by atoms with Gasteiger partial charge in [0.15, 0.2) is 0 Å². The number of nitrogens with zero attached hydrogens (tertiary/aromatic N) is 1. The van der Waals surface area contributed by atoms with Crippen molar-refractivity contribution in [3.05, 3.63) is 76.5 Å². The summed E-state index contributed by atoms with van der Waals surface area (Å²) in [6, 6.07) is 18.6. The molecule has 30 heavy (non-hydrogen) atoms.